The predicted octanol–water partition coefficient (Wildman–Crippen LogP) is 1.54. The van der Waals surface area contributed by atoms with E-state index >= 15 is 0 Å². The van der Waals surface area contributed by atoms with Crippen LogP contribution in [0.25, 0.3) is 5.82 Å². The molecule has 3 aromatic heterocycles. The fourth-order valence-electron chi connectivity index (χ4n) is 4.62. The molecule has 2 fully saturated rings. The van der Waals surface area contributed by atoms with Crippen molar-refractivity contribution in [3.8, 4) is 5.82 Å². The lowest BCUT2D eigenvalue weighted by Gasteiger charge is -2.22. The van der Waals surface area contributed by atoms with E-state index < -0.39 is 0 Å². The van der Waals surface area contributed by atoms with Crippen LogP contribution >= 0.6 is 0 Å². The van der Waals surface area contributed by atoms with Gasteiger partial charge in [-0.25, -0.2) is 14.6 Å². The third kappa shape index (κ3) is 3.28. The second kappa shape index (κ2) is 7.01. The predicted molar refractivity (Wildman–Crippen MR) is 106 cm³/mol. The summed E-state index contributed by atoms with van der Waals surface area (Å²) in [6.45, 7) is 10.6. The van der Waals surface area contributed by atoms with Crippen molar-refractivity contribution < 1.29 is 0 Å². The van der Waals surface area contributed by atoms with E-state index in [-0.39, 0.29) is 0 Å². The molecule has 2 saturated heterocycles. The molecule has 146 valence electrons. The van der Waals surface area contributed by atoms with Gasteiger partial charge < -0.3 is 9.80 Å². The third-order valence-corrected chi connectivity index (χ3v) is 5.96. The maximum atomic E-state index is 4.55. The minimum atomic E-state index is 0.713. The maximum absolute atomic E-state index is 4.55. The van der Waals surface area contributed by atoms with E-state index in [0.717, 1.165) is 62.3 Å². The average Bonchev–Trinajstić information content (AvgIpc) is 3.44. The molecule has 2 aliphatic heterocycles. The van der Waals surface area contributed by atoms with Gasteiger partial charge in [0.2, 0.25) is 0 Å². The van der Waals surface area contributed by atoms with E-state index in [9.17, 15) is 0 Å². The fourth-order valence-corrected chi connectivity index (χ4v) is 4.62. The second-order valence-corrected chi connectivity index (χ2v) is 8.03. The maximum Gasteiger partial charge on any atom is 0.159 e. The molecule has 3 aromatic rings. The third-order valence-electron chi connectivity index (χ3n) is 5.96. The number of likely N-dealkylation sites (tertiary alicyclic amines) is 1. The summed E-state index contributed by atoms with van der Waals surface area (Å²) in [5.74, 6) is 3.28. The Morgan fingerprint density at radius 2 is 1.75 bits per heavy atom. The zero-order valence-corrected chi connectivity index (χ0v) is 16.4. The van der Waals surface area contributed by atoms with Crippen LogP contribution in [-0.2, 0) is 6.54 Å². The van der Waals surface area contributed by atoms with Crippen molar-refractivity contribution in [2.75, 3.05) is 37.6 Å². The van der Waals surface area contributed by atoms with Gasteiger partial charge in [0.1, 0.15) is 12.1 Å². The molecule has 0 aliphatic carbocycles. The number of aromatic nitrogens is 6. The number of hydrogen-bond donors (Lipinski definition) is 0. The molecule has 2 unspecified atom stereocenters. The summed E-state index contributed by atoms with van der Waals surface area (Å²) in [6, 6.07) is 6.12. The van der Waals surface area contributed by atoms with Gasteiger partial charge in [-0.05, 0) is 37.8 Å². The molecular formula is C20H26N8. The molecule has 0 radical (unpaired) electrons. The van der Waals surface area contributed by atoms with Crippen molar-refractivity contribution in [1.29, 1.82) is 0 Å². The Balaban J connectivity index is 1.23. The van der Waals surface area contributed by atoms with E-state index in [2.05, 4.69) is 49.0 Å². The summed E-state index contributed by atoms with van der Waals surface area (Å²) in [5, 5.41) is 8.85. The molecule has 0 saturated carbocycles. The normalized spacial score (nSPS) is 22.1. The zero-order valence-electron chi connectivity index (χ0n) is 16.4. The van der Waals surface area contributed by atoms with Crippen LogP contribution in [-0.4, -0.2) is 67.2 Å². The highest BCUT2D eigenvalue weighted by molar-refractivity contribution is 5.45. The molecule has 0 amide bonds. The van der Waals surface area contributed by atoms with Crippen LogP contribution < -0.4 is 4.90 Å². The highest BCUT2D eigenvalue weighted by Gasteiger charge is 2.40. The largest absolute Gasteiger partial charge is 0.356 e. The van der Waals surface area contributed by atoms with E-state index in [4.69, 9.17) is 0 Å². The molecule has 0 N–H and O–H groups in total. The molecule has 0 spiro atoms. The Bertz CT molecular complexity index is 933. The van der Waals surface area contributed by atoms with Crippen LogP contribution in [0.5, 0.6) is 0 Å². The van der Waals surface area contributed by atoms with Crippen LogP contribution in [0.2, 0.25) is 0 Å². The quantitative estimate of drug-likeness (QED) is 0.671. The van der Waals surface area contributed by atoms with E-state index in [1.165, 1.54) is 0 Å². The number of rotatable bonds is 5. The highest BCUT2D eigenvalue weighted by Crippen LogP contribution is 2.33. The van der Waals surface area contributed by atoms with Gasteiger partial charge in [-0.15, -0.1) is 0 Å². The minimum Gasteiger partial charge on any atom is -0.356 e. The minimum absolute atomic E-state index is 0.713. The summed E-state index contributed by atoms with van der Waals surface area (Å²) in [4.78, 5) is 14.0. The van der Waals surface area contributed by atoms with Gasteiger partial charge >= 0.3 is 0 Å². The van der Waals surface area contributed by atoms with E-state index in [0.29, 0.717) is 11.8 Å². The van der Waals surface area contributed by atoms with Gasteiger partial charge in [0, 0.05) is 56.9 Å². The first-order chi connectivity index (χ1) is 13.7. The lowest BCUT2D eigenvalue weighted by molar-refractivity contribution is 0.296. The molecule has 2 aliphatic rings. The molecule has 5 heterocycles. The van der Waals surface area contributed by atoms with Crippen molar-refractivity contribution >= 4 is 5.82 Å². The average molecular weight is 378 g/mol. The van der Waals surface area contributed by atoms with Crippen molar-refractivity contribution in [2.24, 2.45) is 11.8 Å². The molecular weight excluding hydrogens is 352 g/mol. The van der Waals surface area contributed by atoms with Gasteiger partial charge in [-0.1, -0.05) is 0 Å². The lowest BCUT2D eigenvalue weighted by Crippen LogP contribution is -2.31. The summed E-state index contributed by atoms with van der Waals surface area (Å²) < 4.78 is 3.91. The molecule has 8 nitrogen and oxygen atoms in total. The smallest absolute Gasteiger partial charge is 0.159 e. The molecule has 8 heteroatoms. The second-order valence-electron chi connectivity index (χ2n) is 8.03. The Kier molecular flexibility index (Phi) is 4.35. The Morgan fingerprint density at radius 3 is 2.43 bits per heavy atom. The van der Waals surface area contributed by atoms with Crippen LogP contribution in [0.1, 0.15) is 11.4 Å². The van der Waals surface area contributed by atoms with Crippen LogP contribution in [0.4, 0.5) is 5.82 Å². The number of aryl methyl sites for hydroxylation is 2. The topological polar surface area (TPSA) is 67.9 Å². The van der Waals surface area contributed by atoms with Crippen molar-refractivity contribution in [3.63, 3.8) is 0 Å². The van der Waals surface area contributed by atoms with Crippen molar-refractivity contribution in [1.82, 2.24) is 34.4 Å². The fraction of sp³-hybridized carbons (Fsp3) is 0.500. The molecule has 0 aromatic carbocycles. The summed E-state index contributed by atoms with van der Waals surface area (Å²) in [7, 11) is 0. The van der Waals surface area contributed by atoms with Gasteiger partial charge in [0.15, 0.2) is 5.82 Å². The first kappa shape index (κ1) is 17.4. The van der Waals surface area contributed by atoms with Gasteiger partial charge in [-0.3, -0.25) is 4.68 Å². The number of hydrogen-bond acceptors (Lipinski definition) is 6. The molecule has 5 rings (SSSR count). The SMILES string of the molecule is Cc1cc(C)n(-c2cc(N3CC4CN(CCn5cccn5)CC4C3)ncn2)n1. The number of fused-ring (bicyclic) bond motifs is 1. The van der Waals surface area contributed by atoms with E-state index in [1.807, 2.05) is 34.7 Å². The molecule has 0 bridgehead atoms. The van der Waals surface area contributed by atoms with Gasteiger partial charge in [-0.2, -0.15) is 10.2 Å². The first-order valence-corrected chi connectivity index (χ1v) is 9.96. The Morgan fingerprint density at radius 1 is 0.964 bits per heavy atom. The summed E-state index contributed by atoms with van der Waals surface area (Å²) in [5.41, 5.74) is 2.09. The highest BCUT2D eigenvalue weighted by atomic mass is 15.3. The molecule has 28 heavy (non-hydrogen) atoms. The monoisotopic (exact) mass is 378 g/mol. The Hall–Kier alpha value is -2.74. The first-order valence-electron chi connectivity index (χ1n) is 9.96. The van der Waals surface area contributed by atoms with E-state index in [1.54, 1.807) is 6.33 Å². The van der Waals surface area contributed by atoms with Gasteiger partial charge in [0.25, 0.3) is 0 Å². The Labute approximate surface area is 164 Å². The summed E-state index contributed by atoms with van der Waals surface area (Å²) >= 11 is 0. The van der Waals surface area contributed by atoms with Crippen molar-refractivity contribution in [3.05, 3.63) is 48.3 Å². The number of anilines is 1. The van der Waals surface area contributed by atoms with Crippen LogP contribution in [0, 0.1) is 25.7 Å². The zero-order chi connectivity index (χ0) is 19.1. The van der Waals surface area contributed by atoms with Crippen LogP contribution in [0.3, 0.4) is 0 Å². The van der Waals surface area contributed by atoms with Crippen LogP contribution in [0.15, 0.2) is 36.9 Å². The summed E-state index contributed by atoms with van der Waals surface area (Å²) in [6.07, 6.45) is 5.54. The standard InChI is InChI=1S/C20H26N8/c1-15-8-16(2)28(24-15)20-9-19(21-14-22-20)26-12-17-10-25(11-18(17)13-26)6-7-27-5-3-4-23-27/h3-5,8-9,14,17-18H,6-7,10-13H2,1-2H3. The molecule has 2 atom stereocenters. The van der Waals surface area contributed by atoms with Gasteiger partial charge in [0.05, 0.1) is 12.2 Å². The van der Waals surface area contributed by atoms with Crippen molar-refractivity contribution in [2.45, 2.75) is 20.4 Å². The lowest BCUT2D eigenvalue weighted by atomic mass is 10.0. The number of nitrogens with zero attached hydrogens (tertiary/aromatic N) is 8.